The molecule has 110 valence electrons. The zero-order valence-corrected chi connectivity index (χ0v) is 14.1. The van der Waals surface area contributed by atoms with Crippen molar-refractivity contribution < 1.29 is 14.3 Å². The molecule has 0 aliphatic rings. The highest BCUT2D eigenvalue weighted by Crippen LogP contribution is 2.34. The Morgan fingerprint density at radius 2 is 1.95 bits per heavy atom. The van der Waals surface area contributed by atoms with Gasteiger partial charge in [-0.3, -0.25) is 4.79 Å². The summed E-state index contributed by atoms with van der Waals surface area (Å²) in [5.41, 5.74) is 1.24. The van der Waals surface area contributed by atoms with Gasteiger partial charge in [-0.1, -0.05) is 45.2 Å². The number of carbonyl (C=O) groups is 1. The van der Waals surface area contributed by atoms with E-state index < -0.39 is 0 Å². The van der Waals surface area contributed by atoms with Gasteiger partial charge in [-0.25, -0.2) is 0 Å². The number of benzene rings is 2. The summed E-state index contributed by atoms with van der Waals surface area (Å²) in [4.78, 5) is 11.2. The second kappa shape index (κ2) is 7.16. The van der Waals surface area contributed by atoms with Crippen LogP contribution in [-0.4, -0.2) is 13.4 Å². The second-order valence-electron chi connectivity index (χ2n) is 4.18. The molecule has 0 unspecified atom stereocenters. The van der Waals surface area contributed by atoms with Crippen LogP contribution in [0.3, 0.4) is 0 Å². The van der Waals surface area contributed by atoms with Gasteiger partial charge in [0.25, 0.3) is 0 Å². The Bertz CT molecular complexity index is 674. The highest BCUT2D eigenvalue weighted by molar-refractivity contribution is 9.10. The van der Waals surface area contributed by atoms with Gasteiger partial charge in [-0.05, 0) is 29.8 Å². The van der Waals surface area contributed by atoms with Crippen LogP contribution in [0.15, 0.2) is 34.8 Å². The van der Waals surface area contributed by atoms with Crippen LogP contribution in [0.4, 0.5) is 0 Å². The van der Waals surface area contributed by atoms with Crippen LogP contribution in [0.5, 0.6) is 11.5 Å². The van der Waals surface area contributed by atoms with Crippen LogP contribution in [0.1, 0.15) is 15.9 Å². The summed E-state index contributed by atoms with van der Waals surface area (Å²) in [6, 6.07) is 8.62. The van der Waals surface area contributed by atoms with E-state index >= 15 is 0 Å². The molecule has 6 heteroatoms. The van der Waals surface area contributed by atoms with Crippen LogP contribution < -0.4 is 9.47 Å². The summed E-state index contributed by atoms with van der Waals surface area (Å²) in [6.45, 7) is 0.246. The number of ether oxygens (including phenoxy) is 2. The Kier molecular flexibility index (Phi) is 5.51. The fourth-order valence-electron chi connectivity index (χ4n) is 1.77. The minimum absolute atomic E-state index is 0.246. The molecular formula is C15H11BrCl2O3. The lowest BCUT2D eigenvalue weighted by molar-refractivity contribution is 0.111. The standard InChI is InChI=1S/C15H11BrCl2O3/c1-20-14-6-11(16)5-10(7-19)15(14)21-8-9-2-3-12(17)13(18)4-9/h2-7H,8H2,1H3. The summed E-state index contributed by atoms with van der Waals surface area (Å²) >= 11 is 15.1. The van der Waals surface area contributed by atoms with Crippen LogP contribution in [0.2, 0.25) is 10.0 Å². The maximum absolute atomic E-state index is 11.2. The van der Waals surface area contributed by atoms with E-state index in [2.05, 4.69) is 15.9 Å². The summed E-state index contributed by atoms with van der Waals surface area (Å²) in [5, 5.41) is 0.936. The SMILES string of the molecule is COc1cc(Br)cc(C=O)c1OCc1ccc(Cl)c(Cl)c1. The molecule has 0 aromatic heterocycles. The number of aldehydes is 1. The zero-order chi connectivity index (χ0) is 15.4. The third-order valence-electron chi connectivity index (χ3n) is 2.76. The van der Waals surface area contributed by atoms with Gasteiger partial charge in [-0.2, -0.15) is 0 Å². The van der Waals surface area contributed by atoms with Crippen molar-refractivity contribution in [3.63, 3.8) is 0 Å². The molecule has 0 heterocycles. The molecule has 0 radical (unpaired) electrons. The van der Waals surface area contributed by atoms with Crippen LogP contribution in [-0.2, 0) is 6.61 Å². The van der Waals surface area contributed by atoms with Gasteiger partial charge in [0, 0.05) is 4.47 Å². The summed E-state index contributed by atoms with van der Waals surface area (Å²) in [5.74, 6) is 0.869. The third-order valence-corrected chi connectivity index (χ3v) is 3.96. The van der Waals surface area contributed by atoms with E-state index in [4.69, 9.17) is 32.7 Å². The molecule has 21 heavy (non-hydrogen) atoms. The number of methoxy groups -OCH3 is 1. The second-order valence-corrected chi connectivity index (χ2v) is 5.91. The van der Waals surface area contributed by atoms with Crippen molar-refractivity contribution in [3.8, 4) is 11.5 Å². The predicted molar refractivity (Wildman–Crippen MR) is 86.9 cm³/mol. The fraction of sp³-hybridized carbons (Fsp3) is 0.133. The summed E-state index contributed by atoms with van der Waals surface area (Å²) < 4.78 is 11.7. The molecule has 0 aliphatic carbocycles. The molecule has 0 saturated carbocycles. The number of hydrogen-bond donors (Lipinski definition) is 0. The monoisotopic (exact) mass is 388 g/mol. The summed E-state index contributed by atoms with van der Waals surface area (Å²) in [7, 11) is 1.52. The van der Waals surface area contributed by atoms with E-state index in [1.165, 1.54) is 7.11 Å². The lowest BCUT2D eigenvalue weighted by Crippen LogP contribution is -2.01. The number of carbonyl (C=O) groups excluding carboxylic acids is 1. The van der Waals surface area contributed by atoms with E-state index in [0.29, 0.717) is 27.1 Å². The Balaban J connectivity index is 2.26. The van der Waals surface area contributed by atoms with Crippen molar-refractivity contribution in [2.75, 3.05) is 7.11 Å². The minimum Gasteiger partial charge on any atom is -0.493 e. The van der Waals surface area contributed by atoms with E-state index in [-0.39, 0.29) is 6.61 Å². The molecule has 0 amide bonds. The maximum atomic E-state index is 11.2. The Labute approximate surface area is 140 Å². The van der Waals surface area contributed by atoms with E-state index in [9.17, 15) is 4.79 Å². The van der Waals surface area contributed by atoms with Crippen molar-refractivity contribution in [2.24, 2.45) is 0 Å². The van der Waals surface area contributed by atoms with Crippen molar-refractivity contribution in [3.05, 3.63) is 56.0 Å². The normalized spacial score (nSPS) is 10.3. The Morgan fingerprint density at radius 3 is 2.57 bits per heavy atom. The molecule has 0 aliphatic heterocycles. The number of halogens is 3. The van der Waals surface area contributed by atoms with Crippen LogP contribution >= 0.6 is 39.1 Å². The first-order valence-corrected chi connectivity index (χ1v) is 7.49. The van der Waals surface area contributed by atoms with Crippen molar-refractivity contribution in [2.45, 2.75) is 6.61 Å². The number of rotatable bonds is 5. The average Bonchev–Trinajstić information content (AvgIpc) is 2.48. The molecule has 0 spiro atoms. The Hall–Kier alpha value is -1.23. The summed E-state index contributed by atoms with van der Waals surface area (Å²) in [6.07, 6.45) is 0.720. The third kappa shape index (κ3) is 3.90. The minimum atomic E-state index is 0.246. The topological polar surface area (TPSA) is 35.5 Å². The van der Waals surface area contributed by atoms with E-state index in [1.807, 2.05) is 0 Å². The molecule has 0 atom stereocenters. The fourth-order valence-corrected chi connectivity index (χ4v) is 2.54. The molecule has 2 aromatic rings. The van der Waals surface area contributed by atoms with Gasteiger partial charge in [0.1, 0.15) is 6.61 Å². The molecule has 0 N–H and O–H groups in total. The van der Waals surface area contributed by atoms with Gasteiger partial charge in [0.15, 0.2) is 17.8 Å². The quantitative estimate of drug-likeness (QED) is 0.663. The van der Waals surface area contributed by atoms with Gasteiger partial charge in [-0.15, -0.1) is 0 Å². The van der Waals surface area contributed by atoms with Crippen molar-refractivity contribution in [1.82, 2.24) is 0 Å². The maximum Gasteiger partial charge on any atom is 0.172 e. The molecule has 3 nitrogen and oxygen atoms in total. The molecule has 0 fully saturated rings. The van der Waals surface area contributed by atoms with Gasteiger partial charge in [0.2, 0.25) is 0 Å². The first-order valence-electron chi connectivity index (χ1n) is 5.94. The first-order chi connectivity index (χ1) is 10.0. The van der Waals surface area contributed by atoms with Gasteiger partial charge >= 0.3 is 0 Å². The van der Waals surface area contributed by atoms with Crippen LogP contribution in [0.25, 0.3) is 0 Å². The van der Waals surface area contributed by atoms with Crippen molar-refractivity contribution in [1.29, 1.82) is 0 Å². The largest absolute Gasteiger partial charge is 0.493 e. The first kappa shape index (κ1) is 16.1. The molecule has 2 aromatic carbocycles. The van der Waals surface area contributed by atoms with Gasteiger partial charge < -0.3 is 9.47 Å². The number of hydrogen-bond acceptors (Lipinski definition) is 3. The van der Waals surface area contributed by atoms with E-state index in [1.54, 1.807) is 30.3 Å². The molecule has 0 saturated heterocycles. The Morgan fingerprint density at radius 1 is 1.19 bits per heavy atom. The average molecular weight is 390 g/mol. The highest BCUT2D eigenvalue weighted by Gasteiger charge is 2.13. The van der Waals surface area contributed by atoms with Crippen LogP contribution in [0, 0.1) is 0 Å². The zero-order valence-electron chi connectivity index (χ0n) is 11.0. The van der Waals surface area contributed by atoms with Gasteiger partial charge in [0.05, 0.1) is 22.7 Å². The highest BCUT2D eigenvalue weighted by atomic mass is 79.9. The van der Waals surface area contributed by atoms with E-state index in [0.717, 1.165) is 16.3 Å². The molecular weight excluding hydrogens is 379 g/mol. The molecule has 0 bridgehead atoms. The molecule has 2 rings (SSSR count). The lowest BCUT2D eigenvalue weighted by Gasteiger charge is -2.13. The van der Waals surface area contributed by atoms with Crippen molar-refractivity contribution >= 4 is 45.4 Å². The lowest BCUT2D eigenvalue weighted by atomic mass is 10.2. The smallest absolute Gasteiger partial charge is 0.172 e. The predicted octanol–water partition coefficient (Wildman–Crippen LogP) is 5.16.